The molecule has 0 aliphatic heterocycles. The van der Waals surface area contributed by atoms with Crippen molar-refractivity contribution in [2.45, 2.75) is 0 Å². The van der Waals surface area contributed by atoms with Gasteiger partial charge in [0.15, 0.2) is 11.5 Å². The second kappa shape index (κ2) is 8.00. The highest BCUT2D eigenvalue weighted by atomic mass is 16.6. The van der Waals surface area contributed by atoms with Crippen molar-refractivity contribution in [2.75, 3.05) is 19.5 Å². The summed E-state index contributed by atoms with van der Waals surface area (Å²) in [5.74, 6) is 0.994. The molecule has 0 spiro atoms. The molecule has 1 aromatic heterocycles. The Morgan fingerprint density at radius 2 is 1.56 bits per heavy atom. The van der Waals surface area contributed by atoms with Crippen LogP contribution in [0.3, 0.4) is 0 Å². The van der Waals surface area contributed by atoms with Crippen LogP contribution in [0.4, 0.5) is 17.2 Å². The number of hydrogen-bond donors (Lipinski definition) is 1. The van der Waals surface area contributed by atoms with Crippen molar-refractivity contribution >= 4 is 17.2 Å². The van der Waals surface area contributed by atoms with Gasteiger partial charge < -0.3 is 19.5 Å². The summed E-state index contributed by atoms with van der Waals surface area (Å²) in [7, 11) is 2.98. The smallest absolute Gasteiger partial charge is 0.373 e. The Morgan fingerprint density at radius 1 is 0.926 bits per heavy atom. The summed E-state index contributed by atoms with van der Waals surface area (Å²) in [4.78, 5) is 19.0. The Morgan fingerprint density at radius 3 is 2.22 bits per heavy atom. The quantitative estimate of drug-likeness (QED) is 0.493. The summed E-state index contributed by atoms with van der Waals surface area (Å²) >= 11 is 0. The Balaban J connectivity index is 2.01. The third kappa shape index (κ3) is 3.87. The summed E-state index contributed by atoms with van der Waals surface area (Å²) in [6.45, 7) is 0. The van der Waals surface area contributed by atoms with E-state index in [0.29, 0.717) is 22.9 Å². The van der Waals surface area contributed by atoms with Crippen LogP contribution in [0.5, 0.6) is 23.1 Å². The van der Waals surface area contributed by atoms with Gasteiger partial charge >= 0.3 is 11.6 Å². The van der Waals surface area contributed by atoms with Gasteiger partial charge in [-0.15, -0.1) is 0 Å². The number of nitrogens with zero attached hydrogens (tertiary/aromatic N) is 3. The highest BCUT2D eigenvalue weighted by Crippen LogP contribution is 2.39. The van der Waals surface area contributed by atoms with Crippen LogP contribution in [0.2, 0.25) is 0 Å². The number of ether oxygens (including phenoxy) is 3. The van der Waals surface area contributed by atoms with Crippen LogP contribution in [0, 0.1) is 10.1 Å². The molecule has 0 radical (unpaired) electrons. The fourth-order valence-electron chi connectivity index (χ4n) is 2.38. The first-order valence-corrected chi connectivity index (χ1v) is 7.84. The standard InChI is InChI=1S/C18H16N4O5/c1-25-13-8-4-3-7-12(13)21-17-16(22(23)24)18(20-11-19-17)27-15-10-6-5-9-14(15)26-2/h3-11H,1-2H3,(H,19,20,21). The third-order valence-corrected chi connectivity index (χ3v) is 3.61. The Bertz CT molecular complexity index is 896. The number of methoxy groups -OCH3 is 2. The normalized spacial score (nSPS) is 10.1. The number of benzene rings is 2. The van der Waals surface area contributed by atoms with Crippen LogP contribution >= 0.6 is 0 Å². The molecule has 9 heteroatoms. The lowest BCUT2D eigenvalue weighted by Gasteiger charge is -2.12. The SMILES string of the molecule is COc1ccccc1Nc1ncnc(Oc2ccccc2OC)c1[N+](=O)[O-]. The predicted molar refractivity (Wildman–Crippen MR) is 98.0 cm³/mol. The highest BCUT2D eigenvalue weighted by molar-refractivity contribution is 5.72. The van der Waals surface area contributed by atoms with Gasteiger partial charge in [-0.05, 0) is 24.3 Å². The van der Waals surface area contributed by atoms with Crippen LogP contribution in [0.25, 0.3) is 0 Å². The summed E-state index contributed by atoms with van der Waals surface area (Å²) in [6, 6.07) is 13.8. The van der Waals surface area contributed by atoms with Gasteiger partial charge in [0.25, 0.3) is 0 Å². The molecule has 1 heterocycles. The van der Waals surface area contributed by atoms with Crippen molar-refractivity contribution in [1.29, 1.82) is 0 Å². The van der Waals surface area contributed by atoms with Crippen molar-refractivity contribution in [3.05, 3.63) is 65.0 Å². The molecular formula is C18H16N4O5. The van der Waals surface area contributed by atoms with Gasteiger partial charge in [0.1, 0.15) is 12.1 Å². The zero-order valence-electron chi connectivity index (χ0n) is 14.6. The molecule has 0 aliphatic carbocycles. The number of rotatable bonds is 7. The van der Waals surface area contributed by atoms with Gasteiger partial charge in [0.05, 0.1) is 24.8 Å². The van der Waals surface area contributed by atoms with E-state index >= 15 is 0 Å². The van der Waals surface area contributed by atoms with E-state index in [0.717, 1.165) is 0 Å². The van der Waals surface area contributed by atoms with E-state index in [9.17, 15) is 10.1 Å². The molecule has 2 aromatic carbocycles. The molecule has 0 unspecified atom stereocenters. The molecule has 1 N–H and O–H groups in total. The summed E-state index contributed by atoms with van der Waals surface area (Å²) in [6.07, 6.45) is 1.18. The first kappa shape index (κ1) is 17.9. The van der Waals surface area contributed by atoms with E-state index in [1.54, 1.807) is 48.5 Å². The average molecular weight is 368 g/mol. The fraction of sp³-hybridized carbons (Fsp3) is 0.111. The lowest BCUT2D eigenvalue weighted by atomic mass is 10.3. The molecule has 0 aliphatic rings. The van der Waals surface area contributed by atoms with Gasteiger partial charge in [-0.25, -0.2) is 4.98 Å². The number of para-hydroxylation sites is 4. The summed E-state index contributed by atoms with van der Waals surface area (Å²) in [5, 5.41) is 14.6. The summed E-state index contributed by atoms with van der Waals surface area (Å²) in [5.41, 5.74) is 0.111. The van der Waals surface area contributed by atoms with E-state index in [1.165, 1.54) is 20.5 Å². The van der Waals surface area contributed by atoms with E-state index in [1.807, 2.05) is 0 Å². The topological polar surface area (TPSA) is 109 Å². The van der Waals surface area contributed by atoms with Gasteiger partial charge in [0, 0.05) is 0 Å². The van der Waals surface area contributed by atoms with Crippen molar-refractivity contribution < 1.29 is 19.1 Å². The Labute approximate surface area is 154 Å². The molecule has 27 heavy (non-hydrogen) atoms. The van der Waals surface area contributed by atoms with E-state index in [2.05, 4.69) is 15.3 Å². The van der Waals surface area contributed by atoms with Gasteiger partial charge in [0.2, 0.25) is 5.82 Å². The number of hydrogen-bond acceptors (Lipinski definition) is 8. The molecule has 0 fully saturated rings. The van der Waals surface area contributed by atoms with Crippen LogP contribution in [-0.2, 0) is 0 Å². The monoisotopic (exact) mass is 368 g/mol. The minimum absolute atomic E-state index is 0.0237. The van der Waals surface area contributed by atoms with Crippen molar-refractivity contribution in [3.8, 4) is 23.1 Å². The maximum Gasteiger partial charge on any atom is 0.373 e. The Kier molecular flexibility index (Phi) is 5.31. The summed E-state index contributed by atoms with van der Waals surface area (Å²) < 4.78 is 16.1. The van der Waals surface area contributed by atoms with Crippen LogP contribution in [0.15, 0.2) is 54.9 Å². The second-order valence-corrected chi connectivity index (χ2v) is 5.21. The minimum atomic E-state index is -0.609. The molecule has 138 valence electrons. The average Bonchev–Trinajstić information content (AvgIpc) is 2.68. The molecule has 9 nitrogen and oxygen atoms in total. The zero-order valence-corrected chi connectivity index (χ0v) is 14.6. The molecular weight excluding hydrogens is 352 g/mol. The van der Waals surface area contributed by atoms with E-state index in [-0.39, 0.29) is 11.7 Å². The third-order valence-electron chi connectivity index (χ3n) is 3.61. The van der Waals surface area contributed by atoms with Crippen molar-refractivity contribution in [1.82, 2.24) is 9.97 Å². The number of nitrogens with one attached hydrogen (secondary N) is 1. The maximum atomic E-state index is 11.7. The van der Waals surface area contributed by atoms with Crippen molar-refractivity contribution in [2.24, 2.45) is 0 Å². The molecule has 0 atom stereocenters. The first-order chi connectivity index (χ1) is 13.1. The van der Waals surface area contributed by atoms with Gasteiger partial charge in [-0.3, -0.25) is 10.1 Å². The zero-order chi connectivity index (χ0) is 19.2. The molecule has 0 saturated carbocycles. The van der Waals surface area contributed by atoms with Crippen molar-refractivity contribution in [3.63, 3.8) is 0 Å². The molecule has 3 aromatic rings. The molecule has 0 saturated heterocycles. The largest absolute Gasteiger partial charge is 0.495 e. The lowest BCUT2D eigenvalue weighted by molar-refractivity contribution is -0.385. The van der Waals surface area contributed by atoms with Crippen LogP contribution in [-0.4, -0.2) is 29.1 Å². The van der Waals surface area contributed by atoms with E-state index in [4.69, 9.17) is 14.2 Å². The number of nitro groups is 1. The number of aromatic nitrogens is 2. The highest BCUT2D eigenvalue weighted by Gasteiger charge is 2.26. The van der Waals surface area contributed by atoms with Gasteiger partial charge in [-0.2, -0.15) is 4.98 Å². The maximum absolute atomic E-state index is 11.7. The van der Waals surface area contributed by atoms with Crippen LogP contribution in [0.1, 0.15) is 0 Å². The number of anilines is 2. The second-order valence-electron chi connectivity index (χ2n) is 5.21. The predicted octanol–water partition coefficient (Wildman–Crippen LogP) is 3.94. The molecule has 0 bridgehead atoms. The Hall–Kier alpha value is -3.88. The minimum Gasteiger partial charge on any atom is -0.495 e. The molecule has 3 rings (SSSR count). The van der Waals surface area contributed by atoms with Gasteiger partial charge in [-0.1, -0.05) is 24.3 Å². The lowest BCUT2D eigenvalue weighted by Crippen LogP contribution is -2.04. The van der Waals surface area contributed by atoms with E-state index < -0.39 is 10.6 Å². The first-order valence-electron chi connectivity index (χ1n) is 7.84. The fourth-order valence-corrected chi connectivity index (χ4v) is 2.38. The van der Waals surface area contributed by atoms with Crippen LogP contribution < -0.4 is 19.5 Å². The molecule has 0 amide bonds.